The molecule has 2 amide bonds. The van der Waals surface area contributed by atoms with E-state index in [1.54, 1.807) is 47.4 Å². The number of hydrogen-bond acceptors (Lipinski definition) is 8. The Bertz CT molecular complexity index is 1070. The van der Waals surface area contributed by atoms with Crippen LogP contribution in [0.25, 0.3) is 11.3 Å². The Kier molecular flexibility index (Phi) is 7.50. The lowest BCUT2D eigenvalue weighted by Crippen LogP contribution is -2.41. The first kappa shape index (κ1) is 23.4. The summed E-state index contributed by atoms with van der Waals surface area (Å²) in [5.41, 5.74) is 4.93. The third-order valence-electron chi connectivity index (χ3n) is 3.98. The van der Waals surface area contributed by atoms with Crippen molar-refractivity contribution in [2.45, 2.75) is 37.2 Å². The van der Waals surface area contributed by atoms with Gasteiger partial charge >= 0.3 is 6.03 Å². The summed E-state index contributed by atoms with van der Waals surface area (Å²) < 4.78 is 1.08. The zero-order valence-electron chi connectivity index (χ0n) is 17.7. The van der Waals surface area contributed by atoms with Gasteiger partial charge in [0.05, 0.1) is 27.8 Å². The summed E-state index contributed by atoms with van der Waals surface area (Å²) in [6.07, 6.45) is 2.00. The zero-order valence-corrected chi connectivity index (χ0v) is 20.2. The molecule has 0 saturated heterocycles. The van der Waals surface area contributed by atoms with Crippen molar-refractivity contribution in [3.05, 3.63) is 41.3 Å². The predicted octanol–water partition coefficient (Wildman–Crippen LogP) is 6.00. The van der Waals surface area contributed by atoms with Crippen LogP contribution in [0.1, 0.15) is 26.3 Å². The van der Waals surface area contributed by atoms with E-state index in [1.165, 1.54) is 16.2 Å². The second kappa shape index (κ2) is 9.92. The minimum Gasteiger partial charge on any atom is -0.392 e. The number of hydroxylamine groups is 1. The molecule has 1 aromatic carbocycles. The van der Waals surface area contributed by atoms with Crippen LogP contribution >= 0.6 is 34.4 Å². The number of carbonyl (C=O) groups excluding carboxylic acids is 1. The predicted molar refractivity (Wildman–Crippen MR) is 130 cm³/mol. The number of anilines is 2. The maximum absolute atomic E-state index is 13.1. The van der Waals surface area contributed by atoms with Crippen LogP contribution in [0.15, 0.2) is 44.9 Å². The molecule has 164 valence electrons. The highest BCUT2D eigenvalue weighted by atomic mass is 32.2. The topological polar surface area (TPSA) is 87.1 Å². The molecule has 0 unspecified atom stereocenters. The fourth-order valence-electron chi connectivity index (χ4n) is 2.61. The number of amides is 2. The van der Waals surface area contributed by atoms with Gasteiger partial charge in [0.2, 0.25) is 0 Å². The van der Waals surface area contributed by atoms with E-state index in [9.17, 15) is 9.90 Å². The minimum absolute atomic E-state index is 0.131. The van der Waals surface area contributed by atoms with Crippen LogP contribution in [-0.4, -0.2) is 34.7 Å². The summed E-state index contributed by atoms with van der Waals surface area (Å²) in [5.74, 6) is 0. The number of benzene rings is 1. The average molecular weight is 477 g/mol. The summed E-state index contributed by atoms with van der Waals surface area (Å²) in [4.78, 5) is 28.8. The van der Waals surface area contributed by atoms with Crippen LogP contribution in [0, 0.1) is 0 Å². The number of thioether (sulfide) groups is 1. The fraction of sp³-hybridized carbons (Fsp3) is 0.286. The van der Waals surface area contributed by atoms with Gasteiger partial charge in [-0.1, -0.05) is 12.1 Å². The first-order valence-corrected chi connectivity index (χ1v) is 12.3. The largest absolute Gasteiger partial charge is 0.392 e. The lowest BCUT2D eigenvalue weighted by molar-refractivity contribution is -0.0513. The van der Waals surface area contributed by atoms with E-state index in [2.05, 4.69) is 17.2 Å². The molecule has 0 atom stereocenters. The molecule has 0 fully saturated rings. The lowest BCUT2D eigenvalue weighted by atomic mass is 10.2. The van der Waals surface area contributed by atoms with Crippen LogP contribution in [-0.2, 0) is 11.4 Å². The Morgan fingerprint density at radius 3 is 2.81 bits per heavy atom. The van der Waals surface area contributed by atoms with Crippen molar-refractivity contribution < 1.29 is 14.7 Å². The van der Waals surface area contributed by atoms with E-state index in [1.807, 2.05) is 38.5 Å². The molecule has 0 spiro atoms. The molecule has 0 aliphatic carbocycles. The van der Waals surface area contributed by atoms with Crippen molar-refractivity contribution in [2.24, 2.45) is 4.99 Å². The number of aliphatic hydroxyl groups excluding tert-OH is 1. The first-order chi connectivity index (χ1) is 14.8. The molecule has 31 heavy (non-hydrogen) atoms. The molecular formula is C21H24N4O3S3. The number of thiazole rings is 1. The summed E-state index contributed by atoms with van der Waals surface area (Å²) in [7, 11) is 0. The quantitative estimate of drug-likeness (QED) is 0.248. The SMILES string of the molecule is C=Nc1cc(-c2csc(N(C(=O)NOC(C)(C)C)c3cccc(CO)c3)n2)c(SC)s1. The minimum atomic E-state index is -0.555. The van der Waals surface area contributed by atoms with Crippen LogP contribution in [0.4, 0.5) is 20.6 Å². The molecule has 2 N–H and O–H groups in total. The highest BCUT2D eigenvalue weighted by molar-refractivity contribution is 8.00. The van der Waals surface area contributed by atoms with Crippen molar-refractivity contribution in [2.75, 3.05) is 11.2 Å². The lowest BCUT2D eigenvalue weighted by Gasteiger charge is -2.24. The van der Waals surface area contributed by atoms with Gasteiger partial charge in [-0.25, -0.2) is 20.2 Å². The van der Waals surface area contributed by atoms with Crippen molar-refractivity contribution >= 4 is 63.0 Å². The molecule has 7 nitrogen and oxygen atoms in total. The van der Waals surface area contributed by atoms with Gasteiger partial charge in [-0.2, -0.15) is 0 Å². The van der Waals surface area contributed by atoms with E-state index < -0.39 is 11.6 Å². The average Bonchev–Trinajstić information content (AvgIpc) is 3.39. The highest BCUT2D eigenvalue weighted by Gasteiger charge is 2.25. The van der Waals surface area contributed by atoms with Crippen LogP contribution < -0.4 is 10.4 Å². The van der Waals surface area contributed by atoms with Gasteiger partial charge in [0.15, 0.2) is 5.13 Å². The highest BCUT2D eigenvalue weighted by Crippen LogP contribution is 2.43. The van der Waals surface area contributed by atoms with E-state index in [0.717, 1.165) is 20.5 Å². The monoisotopic (exact) mass is 476 g/mol. The molecule has 0 saturated carbocycles. The van der Waals surface area contributed by atoms with E-state index in [-0.39, 0.29) is 6.61 Å². The summed E-state index contributed by atoms with van der Waals surface area (Å²) in [5, 5.41) is 12.7. The molecule has 0 radical (unpaired) electrons. The van der Waals surface area contributed by atoms with E-state index in [0.29, 0.717) is 16.4 Å². The fourth-order valence-corrected chi connectivity index (χ4v) is 5.13. The second-order valence-electron chi connectivity index (χ2n) is 7.45. The number of nitrogens with one attached hydrogen (secondary N) is 1. The molecule has 3 aromatic rings. The third kappa shape index (κ3) is 5.72. The Balaban J connectivity index is 2.01. The maximum atomic E-state index is 13.1. The third-order valence-corrected chi connectivity index (χ3v) is 7.01. The van der Waals surface area contributed by atoms with E-state index >= 15 is 0 Å². The van der Waals surface area contributed by atoms with Gasteiger partial charge in [-0.05, 0) is 57.5 Å². The van der Waals surface area contributed by atoms with Gasteiger partial charge in [0, 0.05) is 10.9 Å². The number of thiophene rings is 1. The smallest absolute Gasteiger partial charge is 0.352 e. The molecule has 2 aromatic heterocycles. The molecule has 2 heterocycles. The van der Waals surface area contributed by atoms with Gasteiger partial charge < -0.3 is 5.11 Å². The van der Waals surface area contributed by atoms with Crippen molar-refractivity contribution in [3.63, 3.8) is 0 Å². The van der Waals surface area contributed by atoms with Crippen molar-refractivity contribution in [1.29, 1.82) is 0 Å². The zero-order chi connectivity index (χ0) is 22.6. The van der Waals surface area contributed by atoms with Gasteiger partial charge in [0.1, 0.15) is 5.00 Å². The number of aliphatic hydroxyl groups is 1. The van der Waals surface area contributed by atoms with Crippen LogP contribution in [0.5, 0.6) is 0 Å². The Morgan fingerprint density at radius 1 is 1.39 bits per heavy atom. The van der Waals surface area contributed by atoms with Crippen LogP contribution in [0.2, 0.25) is 0 Å². The van der Waals surface area contributed by atoms with Gasteiger partial charge in [-0.15, -0.1) is 34.4 Å². The molecule has 0 aliphatic heterocycles. The molecular weight excluding hydrogens is 452 g/mol. The maximum Gasteiger partial charge on any atom is 0.352 e. The Morgan fingerprint density at radius 2 is 2.16 bits per heavy atom. The second-order valence-corrected chi connectivity index (χ2v) is 10.4. The standard InChI is InChI=1S/C21H24N4O3S3/c1-21(2,3)28-24-19(27)25(14-8-6-7-13(9-14)11-26)20-23-16(12-30-20)15-10-17(22-4)31-18(15)29-5/h6-10,12,26H,4,11H2,1-3,5H3,(H,24,27). The number of carbonyl (C=O) groups is 1. The number of aliphatic imine (C=N–C) groups is 1. The number of nitrogens with zero attached hydrogens (tertiary/aromatic N) is 3. The summed E-state index contributed by atoms with van der Waals surface area (Å²) >= 11 is 4.51. The van der Waals surface area contributed by atoms with Crippen molar-refractivity contribution in [3.8, 4) is 11.3 Å². The summed E-state index contributed by atoms with van der Waals surface area (Å²) in [6, 6.07) is 8.58. The number of aromatic nitrogens is 1. The number of hydrogen-bond donors (Lipinski definition) is 2. The first-order valence-electron chi connectivity index (χ1n) is 9.34. The normalized spacial score (nSPS) is 11.4. The van der Waals surface area contributed by atoms with Crippen LogP contribution in [0.3, 0.4) is 0 Å². The number of rotatable bonds is 7. The Labute approximate surface area is 193 Å². The molecule has 3 rings (SSSR count). The summed E-state index contributed by atoms with van der Waals surface area (Å²) in [6.45, 7) is 9.01. The number of urea groups is 1. The Hall–Kier alpha value is -2.24. The molecule has 0 bridgehead atoms. The van der Waals surface area contributed by atoms with Gasteiger partial charge in [0.25, 0.3) is 0 Å². The van der Waals surface area contributed by atoms with Gasteiger partial charge in [-0.3, -0.25) is 9.83 Å². The molecule has 0 aliphatic rings. The van der Waals surface area contributed by atoms with Crippen molar-refractivity contribution in [1.82, 2.24) is 10.5 Å². The molecule has 10 heteroatoms. The van der Waals surface area contributed by atoms with E-state index in [4.69, 9.17) is 9.82 Å².